The van der Waals surface area contributed by atoms with Gasteiger partial charge < -0.3 is 10.4 Å². The van der Waals surface area contributed by atoms with Crippen molar-refractivity contribution in [3.05, 3.63) is 70.8 Å². The van der Waals surface area contributed by atoms with Crippen LogP contribution in [0.25, 0.3) is 0 Å². The van der Waals surface area contributed by atoms with E-state index in [1.54, 1.807) is 0 Å². The molecule has 106 valence electrons. The molecule has 1 aliphatic rings. The van der Waals surface area contributed by atoms with Crippen LogP contribution in [0.1, 0.15) is 41.3 Å². The van der Waals surface area contributed by atoms with E-state index < -0.39 is 6.10 Å². The summed E-state index contributed by atoms with van der Waals surface area (Å²) in [6.45, 7) is 2.92. The van der Waals surface area contributed by atoms with Gasteiger partial charge in [0.1, 0.15) is 0 Å². The van der Waals surface area contributed by atoms with Gasteiger partial charge in [-0.25, -0.2) is 0 Å². The molecule has 0 saturated heterocycles. The van der Waals surface area contributed by atoms with E-state index in [-0.39, 0.29) is 18.4 Å². The van der Waals surface area contributed by atoms with E-state index in [4.69, 9.17) is 0 Å². The molecule has 0 aromatic heterocycles. The Morgan fingerprint density at radius 1 is 1.00 bits per heavy atom. The molecule has 0 heterocycles. The molecule has 0 bridgehead atoms. The summed E-state index contributed by atoms with van der Waals surface area (Å²) in [6.07, 6.45) is 0.408. The van der Waals surface area contributed by atoms with Gasteiger partial charge in [0.15, 0.2) is 0 Å². The number of fused-ring (bicyclic) bond motifs is 2. The lowest BCUT2D eigenvalue weighted by molar-refractivity contribution is 0.130. The van der Waals surface area contributed by atoms with Crippen molar-refractivity contribution in [3.8, 4) is 0 Å². The molecule has 1 aliphatic carbocycles. The number of halogens is 1. The summed E-state index contributed by atoms with van der Waals surface area (Å²) in [6, 6.07) is 16.6. The van der Waals surface area contributed by atoms with Gasteiger partial charge in [-0.05, 0) is 35.2 Å². The molecule has 2 unspecified atom stereocenters. The molecule has 2 aromatic rings. The van der Waals surface area contributed by atoms with Crippen LogP contribution in [-0.2, 0) is 6.42 Å². The van der Waals surface area contributed by atoms with Gasteiger partial charge in [0.05, 0.1) is 12.1 Å². The van der Waals surface area contributed by atoms with Gasteiger partial charge in [-0.15, -0.1) is 12.4 Å². The van der Waals surface area contributed by atoms with Crippen molar-refractivity contribution in [3.63, 3.8) is 0 Å². The van der Waals surface area contributed by atoms with Crippen LogP contribution in [0.15, 0.2) is 48.5 Å². The van der Waals surface area contributed by atoms with E-state index in [1.807, 2.05) is 24.3 Å². The normalized spacial score (nSPS) is 20.3. The van der Waals surface area contributed by atoms with Crippen LogP contribution in [0, 0.1) is 0 Å². The minimum atomic E-state index is -0.486. The first-order valence-electron chi connectivity index (χ1n) is 6.88. The van der Waals surface area contributed by atoms with Crippen LogP contribution in [-0.4, -0.2) is 11.7 Å². The van der Waals surface area contributed by atoms with Crippen LogP contribution in [0.2, 0.25) is 0 Å². The predicted octanol–water partition coefficient (Wildman–Crippen LogP) is 3.40. The lowest BCUT2D eigenvalue weighted by Gasteiger charge is -2.24. The molecule has 0 fully saturated rings. The van der Waals surface area contributed by atoms with E-state index in [9.17, 15) is 5.11 Å². The summed E-state index contributed by atoms with van der Waals surface area (Å²) in [5, 5.41) is 14.1. The summed E-state index contributed by atoms with van der Waals surface area (Å²) >= 11 is 0. The van der Waals surface area contributed by atoms with E-state index in [0.29, 0.717) is 0 Å². The summed E-state index contributed by atoms with van der Waals surface area (Å²) in [4.78, 5) is 0. The summed E-state index contributed by atoms with van der Waals surface area (Å²) in [5.74, 6) is 0. The van der Waals surface area contributed by atoms with E-state index in [1.165, 1.54) is 16.7 Å². The molecular weight excluding hydrogens is 270 g/mol. The molecule has 20 heavy (non-hydrogen) atoms. The van der Waals surface area contributed by atoms with Gasteiger partial charge in [0.2, 0.25) is 0 Å². The van der Waals surface area contributed by atoms with Crippen molar-refractivity contribution in [2.75, 3.05) is 6.54 Å². The lowest BCUT2D eigenvalue weighted by Crippen LogP contribution is -2.27. The summed E-state index contributed by atoms with van der Waals surface area (Å²) in [7, 11) is 0. The number of aliphatic hydroxyl groups excluding tert-OH is 1. The number of nitrogens with one attached hydrogen (secondary N) is 1. The van der Waals surface area contributed by atoms with Gasteiger partial charge in [0, 0.05) is 0 Å². The molecule has 3 heteroatoms. The van der Waals surface area contributed by atoms with Crippen LogP contribution < -0.4 is 5.32 Å². The lowest BCUT2D eigenvalue weighted by atomic mass is 9.96. The second kappa shape index (κ2) is 6.40. The average molecular weight is 290 g/mol. The Labute approximate surface area is 126 Å². The molecule has 3 rings (SSSR count). The van der Waals surface area contributed by atoms with Crippen LogP contribution >= 0.6 is 12.4 Å². The number of hydrogen-bond acceptors (Lipinski definition) is 2. The number of aliphatic hydroxyl groups is 1. The van der Waals surface area contributed by atoms with E-state index in [2.05, 4.69) is 36.5 Å². The SMILES string of the molecule is CCNC1c2ccccc2Cc2ccccc2C1O.Cl. The Balaban J connectivity index is 0.00000147. The van der Waals surface area contributed by atoms with Crippen LogP contribution in [0.5, 0.6) is 0 Å². The molecule has 0 radical (unpaired) electrons. The van der Waals surface area contributed by atoms with Crippen LogP contribution in [0.3, 0.4) is 0 Å². The average Bonchev–Trinajstić information content (AvgIpc) is 2.56. The quantitative estimate of drug-likeness (QED) is 0.888. The second-order valence-corrected chi connectivity index (χ2v) is 5.05. The fourth-order valence-electron chi connectivity index (χ4n) is 2.98. The van der Waals surface area contributed by atoms with E-state index in [0.717, 1.165) is 18.5 Å². The highest BCUT2D eigenvalue weighted by molar-refractivity contribution is 5.85. The zero-order valence-corrected chi connectivity index (χ0v) is 12.4. The Bertz CT molecular complexity index is 585. The monoisotopic (exact) mass is 289 g/mol. The van der Waals surface area contributed by atoms with Crippen molar-refractivity contribution in [2.24, 2.45) is 0 Å². The predicted molar refractivity (Wildman–Crippen MR) is 84.3 cm³/mol. The zero-order chi connectivity index (χ0) is 13.2. The van der Waals surface area contributed by atoms with Crippen molar-refractivity contribution in [1.82, 2.24) is 5.32 Å². The van der Waals surface area contributed by atoms with Crippen molar-refractivity contribution in [2.45, 2.75) is 25.5 Å². The first-order chi connectivity index (χ1) is 9.31. The Kier molecular flexibility index (Phi) is 4.81. The maximum absolute atomic E-state index is 10.7. The maximum atomic E-state index is 10.7. The minimum absolute atomic E-state index is 0. The first kappa shape index (κ1) is 15.0. The van der Waals surface area contributed by atoms with Gasteiger partial charge >= 0.3 is 0 Å². The summed E-state index contributed by atoms with van der Waals surface area (Å²) < 4.78 is 0. The smallest absolute Gasteiger partial charge is 0.0987 e. The topological polar surface area (TPSA) is 32.3 Å². The van der Waals surface area contributed by atoms with Gasteiger partial charge in [-0.1, -0.05) is 55.5 Å². The Morgan fingerprint density at radius 3 is 2.20 bits per heavy atom. The third kappa shape index (κ3) is 2.59. The highest BCUT2D eigenvalue weighted by Gasteiger charge is 2.28. The van der Waals surface area contributed by atoms with Gasteiger partial charge in [-0.2, -0.15) is 0 Å². The largest absolute Gasteiger partial charge is 0.386 e. The number of benzene rings is 2. The van der Waals surface area contributed by atoms with Gasteiger partial charge in [-0.3, -0.25) is 0 Å². The molecule has 2 nitrogen and oxygen atoms in total. The van der Waals surface area contributed by atoms with Crippen molar-refractivity contribution >= 4 is 12.4 Å². The van der Waals surface area contributed by atoms with Crippen LogP contribution in [0.4, 0.5) is 0 Å². The van der Waals surface area contributed by atoms with E-state index >= 15 is 0 Å². The standard InChI is InChI=1S/C17H19NO.ClH/c1-2-18-16-14-9-5-3-7-12(14)11-13-8-4-6-10-15(13)17(16)19;/h3-10,16-19H,2,11H2,1H3;1H. The van der Waals surface area contributed by atoms with Crippen molar-refractivity contribution < 1.29 is 5.11 Å². The third-order valence-corrected chi connectivity index (χ3v) is 3.88. The number of likely N-dealkylation sites (N-methyl/N-ethyl adjacent to an activating group) is 1. The highest BCUT2D eigenvalue weighted by atomic mass is 35.5. The molecule has 2 aromatic carbocycles. The molecule has 2 N–H and O–H groups in total. The fourth-order valence-corrected chi connectivity index (χ4v) is 2.98. The molecule has 0 spiro atoms. The van der Waals surface area contributed by atoms with Gasteiger partial charge in [0.25, 0.3) is 0 Å². The molecule has 0 saturated carbocycles. The third-order valence-electron chi connectivity index (χ3n) is 3.88. The molecule has 2 atom stereocenters. The number of rotatable bonds is 2. The molecular formula is C17H20ClNO. The zero-order valence-electron chi connectivity index (χ0n) is 11.5. The Hall–Kier alpha value is -1.35. The highest BCUT2D eigenvalue weighted by Crippen LogP contribution is 2.37. The second-order valence-electron chi connectivity index (χ2n) is 5.05. The summed E-state index contributed by atoms with van der Waals surface area (Å²) in [5.41, 5.74) is 4.79. The Morgan fingerprint density at radius 2 is 1.55 bits per heavy atom. The fraction of sp³-hybridized carbons (Fsp3) is 0.294. The maximum Gasteiger partial charge on any atom is 0.0987 e. The minimum Gasteiger partial charge on any atom is -0.386 e. The number of hydrogen-bond donors (Lipinski definition) is 2. The molecule has 0 aliphatic heterocycles. The first-order valence-corrected chi connectivity index (χ1v) is 6.88. The van der Waals surface area contributed by atoms with Crippen molar-refractivity contribution in [1.29, 1.82) is 0 Å². The molecule has 0 amide bonds.